The number of nitrogens with one attached hydrogen (secondary N) is 1. The Bertz CT molecular complexity index is 985. The van der Waals surface area contributed by atoms with Crippen LogP contribution in [0.3, 0.4) is 0 Å². The summed E-state index contributed by atoms with van der Waals surface area (Å²) in [6.45, 7) is 5.46. The molecule has 0 saturated carbocycles. The number of nitrogens with zero attached hydrogens (tertiary/aromatic N) is 2. The Morgan fingerprint density at radius 1 is 1.03 bits per heavy atom. The minimum atomic E-state index is -3.32. The SMILES string of the molecule is C[C@@H](Oc1ccc(N(C)S(C)(=O)=O)cc1)C(=O)NCc1ccc(CN2CCCCC2)cc1. The zero-order valence-electron chi connectivity index (χ0n) is 19.1. The minimum absolute atomic E-state index is 0.209. The lowest BCUT2D eigenvalue weighted by atomic mass is 10.1. The topological polar surface area (TPSA) is 78.9 Å². The van der Waals surface area contributed by atoms with E-state index in [-0.39, 0.29) is 5.91 Å². The second-order valence-electron chi connectivity index (χ2n) is 8.36. The summed E-state index contributed by atoms with van der Waals surface area (Å²) in [6, 6.07) is 15.0. The van der Waals surface area contributed by atoms with Crippen LogP contribution in [0.2, 0.25) is 0 Å². The smallest absolute Gasteiger partial charge is 0.261 e. The van der Waals surface area contributed by atoms with E-state index < -0.39 is 16.1 Å². The quantitative estimate of drug-likeness (QED) is 0.623. The van der Waals surface area contributed by atoms with Gasteiger partial charge in [-0.05, 0) is 68.2 Å². The number of anilines is 1. The van der Waals surface area contributed by atoms with E-state index in [1.54, 1.807) is 31.2 Å². The number of benzene rings is 2. The molecular weight excluding hydrogens is 426 g/mol. The monoisotopic (exact) mass is 459 g/mol. The fourth-order valence-electron chi connectivity index (χ4n) is 3.65. The number of amides is 1. The van der Waals surface area contributed by atoms with Gasteiger partial charge in [-0.2, -0.15) is 0 Å². The molecule has 0 aliphatic carbocycles. The van der Waals surface area contributed by atoms with Crippen molar-refractivity contribution in [3.8, 4) is 5.75 Å². The van der Waals surface area contributed by atoms with Gasteiger partial charge >= 0.3 is 0 Å². The molecule has 8 heteroatoms. The van der Waals surface area contributed by atoms with Crippen LogP contribution in [-0.4, -0.2) is 51.7 Å². The molecule has 2 aromatic carbocycles. The van der Waals surface area contributed by atoms with Gasteiger partial charge in [-0.15, -0.1) is 0 Å². The van der Waals surface area contributed by atoms with Crippen LogP contribution in [0.1, 0.15) is 37.3 Å². The van der Waals surface area contributed by atoms with Crippen molar-refractivity contribution in [3.05, 3.63) is 59.7 Å². The number of sulfonamides is 1. The maximum Gasteiger partial charge on any atom is 0.261 e. The van der Waals surface area contributed by atoms with Gasteiger partial charge in [0, 0.05) is 20.1 Å². The zero-order chi connectivity index (χ0) is 23.1. The van der Waals surface area contributed by atoms with Gasteiger partial charge in [0.25, 0.3) is 5.91 Å². The molecule has 1 aliphatic rings. The van der Waals surface area contributed by atoms with Crippen LogP contribution < -0.4 is 14.4 Å². The maximum absolute atomic E-state index is 12.4. The normalized spacial score (nSPS) is 15.7. The Morgan fingerprint density at radius 2 is 1.62 bits per heavy atom. The fraction of sp³-hybridized carbons (Fsp3) is 0.458. The van der Waals surface area contributed by atoms with Gasteiger partial charge in [0.2, 0.25) is 10.0 Å². The molecule has 7 nitrogen and oxygen atoms in total. The van der Waals surface area contributed by atoms with Crippen molar-refractivity contribution >= 4 is 21.6 Å². The van der Waals surface area contributed by atoms with Crippen molar-refractivity contribution in [2.24, 2.45) is 0 Å². The number of hydrogen-bond donors (Lipinski definition) is 1. The van der Waals surface area contributed by atoms with Gasteiger partial charge in [-0.1, -0.05) is 30.7 Å². The molecule has 1 saturated heterocycles. The number of ether oxygens (including phenoxy) is 1. The fourth-order valence-corrected chi connectivity index (χ4v) is 4.16. The molecule has 1 aliphatic heterocycles. The average molecular weight is 460 g/mol. The maximum atomic E-state index is 12.4. The standard InChI is InChI=1S/C24H33N3O4S/c1-19(31-23-13-11-22(12-14-23)26(2)32(3,29)30)24(28)25-17-20-7-9-21(10-8-20)18-27-15-5-4-6-16-27/h7-14,19H,4-6,15-18H2,1-3H3,(H,25,28)/t19-/m1/s1. The van der Waals surface area contributed by atoms with Crippen LogP contribution in [0.5, 0.6) is 5.75 Å². The molecule has 1 amide bonds. The summed E-state index contributed by atoms with van der Waals surface area (Å²) in [5.41, 5.74) is 2.87. The third-order valence-electron chi connectivity index (χ3n) is 5.72. The number of hydrogen-bond acceptors (Lipinski definition) is 5. The average Bonchev–Trinajstić information content (AvgIpc) is 2.78. The predicted molar refractivity (Wildman–Crippen MR) is 127 cm³/mol. The van der Waals surface area contributed by atoms with Gasteiger partial charge in [-0.25, -0.2) is 8.42 Å². The van der Waals surface area contributed by atoms with Gasteiger partial charge in [0.15, 0.2) is 6.10 Å². The molecule has 174 valence electrons. The molecule has 2 aromatic rings. The van der Waals surface area contributed by atoms with Crippen molar-refractivity contribution in [1.82, 2.24) is 10.2 Å². The predicted octanol–water partition coefficient (Wildman–Crippen LogP) is 3.15. The molecule has 0 unspecified atom stereocenters. The van der Waals surface area contributed by atoms with E-state index in [1.165, 1.54) is 49.3 Å². The Kier molecular flexibility index (Phi) is 8.15. The first kappa shape index (κ1) is 24.1. The Labute approximate surface area is 191 Å². The number of carbonyl (C=O) groups excluding carboxylic acids is 1. The number of likely N-dealkylation sites (tertiary alicyclic amines) is 1. The van der Waals surface area contributed by atoms with Crippen LogP contribution >= 0.6 is 0 Å². The van der Waals surface area contributed by atoms with Crippen molar-refractivity contribution in [1.29, 1.82) is 0 Å². The Morgan fingerprint density at radius 3 is 2.22 bits per heavy atom. The van der Waals surface area contributed by atoms with Crippen LogP contribution in [0.15, 0.2) is 48.5 Å². The molecule has 3 rings (SSSR count). The van der Waals surface area contributed by atoms with E-state index in [0.717, 1.165) is 18.4 Å². The van der Waals surface area contributed by atoms with Crippen molar-refractivity contribution in [2.45, 2.75) is 45.4 Å². The first-order valence-corrected chi connectivity index (χ1v) is 12.9. The highest BCUT2D eigenvalue weighted by Gasteiger charge is 2.16. The van der Waals surface area contributed by atoms with E-state index in [4.69, 9.17) is 4.74 Å². The highest BCUT2D eigenvalue weighted by atomic mass is 32.2. The van der Waals surface area contributed by atoms with Gasteiger partial charge in [0.1, 0.15) is 5.75 Å². The summed E-state index contributed by atoms with van der Waals surface area (Å²) in [5, 5.41) is 2.91. The third kappa shape index (κ3) is 6.97. The summed E-state index contributed by atoms with van der Waals surface area (Å²) in [6.07, 6.45) is 4.38. The van der Waals surface area contributed by atoms with E-state index in [0.29, 0.717) is 18.0 Å². The summed E-state index contributed by atoms with van der Waals surface area (Å²) in [4.78, 5) is 14.9. The van der Waals surface area contributed by atoms with E-state index >= 15 is 0 Å². The first-order valence-electron chi connectivity index (χ1n) is 11.0. The lowest BCUT2D eigenvalue weighted by Crippen LogP contribution is -2.35. The lowest BCUT2D eigenvalue weighted by Gasteiger charge is -2.26. The molecule has 32 heavy (non-hydrogen) atoms. The summed E-state index contributed by atoms with van der Waals surface area (Å²) < 4.78 is 30.1. The zero-order valence-corrected chi connectivity index (χ0v) is 19.9. The number of carbonyl (C=O) groups is 1. The summed E-state index contributed by atoms with van der Waals surface area (Å²) in [7, 11) is -1.84. The van der Waals surface area contributed by atoms with Crippen molar-refractivity contribution in [2.75, 3.05) is 30.7 Å². The van der Waals surface area contributed by atoms with Crippen LogP contribution in [-0.2, 0) is 27.9 Å². The molecule has 0 bridgehead atoms. The van der Waals surface area contributed by atoms with Crippen LogP contribution in [0.25, 0.3) is 0 Å². The second-order valence-corrected chi connectivity index (χ2v) is 10.4. The minimum Gasteiger partial charge on any atom is -0.481 e. The Hall–Kier alpha value is -2.58. The highest BCUT2D eigenvalue weighted by Crippen LogP contribution is 2.21. The molecule has 1 heterocycles. The van der Waals surface area contributed by atoms with E-state index in [9.17, 15) is 13.2 Å². The molecular formula is C24H33N3O4S. The van der Waals surface area contributed by atoms with Crippen LogP contribution in [0.4, 0.5) is 5.69 Å². The molecule has 0 aromatic heterocycles. The molecule has 1 N–H and O–H groups in total. The molecule has 0 radical (unpaired) electrons. The lowest BCUT2D eigenvalue weighted by molar-refractivity contribution is -0.127. The molecule has 1 fully saturated rings. The third-order valence-corrected chi connectivity index (χ3v) is 6.93. The summed E-state index contributed by atoms with van der Waals surface area (Å²) in [5.74, 6) is 0.292. The molecule has 1 atom stereocenters. The number of rotatable bonds is 9. The largest absolute Gasteiger partial charge is 0.481 e. The summed E-state index contributed by atoms with van der Waals surface area (Å²) >= 11 is 0. The van der Waals surface area contributed by atoms with Gasteiger partial charge < -0.3 is 10.1 Å². The first-order chi connectivity index (χ1) is 15.2. The van der Waals surface area contributed by atoms with Crippen molar-refractivity contribution < 1.29 is 17.9 Å². The van der Waals surface area contributed by atoms with Gasteiger partial charge in [0.05, 0.1) is 11.9 Å². The number of piperidine rings is 1. The van der Waals surface area contributed by atoms with E-state index in [2.05, 4.69) is 34.5 Å². The highest BCUT2D eigenvalue weighted by molar-refractivity contribution is 7.92. The van der Waals surface area contributed by atoms with Crippen LogP contribution in [0, 0.1) is 0 Å². The second kappa shape index (κ2) is 10.8. The molecule has 0 spiro atoms. The van der Waals surface area contributed by atoms with Crippen molar-refractivity contribution in [3.63, 3.8) is 0 Å². The van der Waals surface area contributed by atoms with Gasteiger partial charge in [-0.3, -0.25) is 14.0 Å². The Balaban J connectivity index is 1.46. The van der Waals surface area contributed by atoms with E-state index in [1.807, 2.05) is 0 Å².